The van der Waals surface area contributed by atoms with Crippen LogP contribution in [0.2, 0.25) is 0 Å². The van der Waals surface area contributed by atoms with Crippen LogP contribution in [0.15, 0.2) is 30.3 Å². The van der Waals surface area contributed by atoms with Crippen molar-refractivity contribution in [1.29, 1.82) is 5.26 Å². The third kappa shape index (κ3) is 2.60. The molecule has 1 aromatic heterocycles. The van der Waals surface area contributed by atoms with Crippen molar-refractivity contribution in [3.8, 4) is 6.07 Å². The molecule has 0 aliphatic heterocycles. The zero-order valence-corrected chi connectivity index (χ0v) is 11.8. The van der Waals surface area contributed by atoms with Gasteiger partial charge in [-0.15, -0.1) is 0 Å². The second-order valence-electron chi connectivity index (χ2n) is 5.79. The van der Waals surface area contributed by atoms with Gasteiger partial charge in [0.1, 0.15) is 5.82 Å². The number of benzene rings is 1. The second-order valence-corrected chi connectivity index (χ2v) is 5.79. The van der Waals surface area contributed by atoms with E-state index in [1.807, 2.05) is 30.3 Å². The Labute approximate surface area is 119 Å². The van der Waals surface area contributed by atoms with Gasteiger partial charge in [-0.1, -0.05) is 25.1 Å². The Hall–Kier alpha value is -2.08. The summed E-state index contributed by atoms with van der Waals surface area (Å²) in [6.45, 7) is 2.32. The summed E-state index contributed by atoms with van der Waals surface area (Å²) in [7, 11) is 0. The molecule has 1 aliphatic rings. The summed E-state index contributed by atoms with van der Waals surface area (Å²) < 4.78 is 0. The molecule has 0 amide bonds. The van der Waals surface area contributed by atoms with Crippen LogP contribution in [0, 0.1) is 17.2 Å². The van der Waals surface area contributed by atoms with Gasteiger partial charge in [-0.3, -0.25) is 0 Å². The van der Waals surface area contributed by atoms with E-state index in [0.29, 0.717) is 11.6 Å². The van der Waals surface area contributed by atoms with Gasteiger partial charge in [-0.05, 0) is 43.7 Å². The molecule has 0 spiro atoms. The number of fused-ring (bicyclic) bond motifs is 1. The fourth-order valence-electron chi connectivity index (χ4n) is 2.96. The molecule has 1 saturated carbocycles. The lowest BCUT2D eigenvalue weighted by atomic mass is 9.87. The van der Waals surface area contributed by atoms with E-state index in [0.717, 1.165) is 22.6 Å². The van der Waals surface area contributed by atoms with Crippen LogP contribution in [-0.2, 0) is 0 Å². The van der Waals surface area contributed by atoms with Crippen molar-refractivity contribution in [2.45, 2.75) is 38.6 Å². The average Bonchev–Trinajstić information content (AvgIpc) is 2.49. The third-order valence-corrected chi connectivity index (χ3v) is 4.20. The minimum Gasteiger partial charge on any atom is -0.367 e. The van der Waals surface area contributed by atoms with E-state index in [1.54, 1.807) is 0 Å². The topological polar surface area (TPSA) is 48.7 Å². The quantitative estimate of drug-likeness (QED) is 0.889. The molecule has 1 aliphatic carbocycles. The largest absolute Gasteiger partial charge is 0.367 e. The van der Waals surface area contributed by atoms with E-state index in [-0.39, 0.29) is 0 Å². The zero-order chi connectivity index (χ0) is 13.9. The summed E-state index contributed by atoms with van der Waals surface area (Å²) >= 11 is 0. The standard InChI is InChI=1S/C17H19N3/c1-12-6-8-14(9-7-12)19-17-10-13(11-18)15-4-2-3-5-16(15)20-17/h2-5,10,12,14H,6-9H2,1H3,(H,19,20). The van der Waals surface area contributed by atoms with Crippen LogP contribution in [-0.4, -0.2) is 11.0 Å². The number of nitriles is 1. The Kier molecular flexibility index (Phi) is 3.56. The second kappa shape index (κ2) is 5.50. The summed E-state index contributed by atoms with van der Waals surface area (Å²) in [6.07, 6.45) is 4.93. The molecule has 1 heterocycles. The molecule has 0 radical (unpaired) electrons. The van der Waals surface area contributed by atoms with Gasteiger partial charge >= 0.3 is 0 Å². The van der Waals surface area contributed by atoms with Gasteiger partial charge in [0, 0.05) is 11.4 Å². The number of nitrogens with one attached hydrogen (secondary N) is 1. The average molecular weight is 265 g/mol. The maximum absolute atomic E-state index is 9.30. The van der Waals surface area contributed by atoms with Crippen LogP contribution in [0.25, 0.3) is 10.9 Å². The van der Waals surface area contributed by atoms with Crippen molar-refractivity contribution in [3.05, 3.63) is 35.9 Å². The molecule has 3 nitrogen and oxygen atoms in total. The van der Waals surface area contributed by atoms with E-state index in [1.165, 1.54) is 25.7 Å². The number of hydrogen-bond acceptors (Lipinski definition) is 3. The SMILES string of the molecule is CC1CCC(Nc2cc(C#N)c3ccccc3n2)CC1. The van der Waals surface area contributed by atoms with E-state index in [9.17, 15) is 5.26 Å². The Bertz CT molecular complexity index is 649. The van der Waals surface area contributed by atoms with Gasteiger partial charge in [0.05, 0.1) is 17.1 Å². The molecule has 0 atom stereocenters. The summed E-state index contributed by atoms with van der Waals surface area (Å²) in [6, 6.07) is 12.5. The van der Waals surface area contributed by atoms with E-state index in [4.69, 9.17) is 0 Å². The number of para-hydroxylation sites is 1. The fourth-order valence-corrected chi connectivity index (χ4v) is 2.96. The lowest BCUT2D eigenvalue weighted by Gasteiger charge is -2.27. The van der Waals surface area contributed by atoms with Gasteiger partial charge in [0.25, 0.3) is 0 Å². The lowest BCUT2D eigenvalue weighted by Crippen LogP contribution is -2.25. The molecule has 1 fully saturated rings. The molecule has 3 rings (SSSR count). The lowest BCUT2D eigenvalue weighted by molar-refractivity contribution is 0.361. The van der Waals surface area contributed by atoms with Gasteiger partial charge in [0.2, 0.25) is 0 Å². The maximum atomic E-state index is 9.30. The number of pyridine rings is 1. The monoisotopic (exact) mass is 265 g/mol. The van der Waals surface area contributed by atoms with Crippen LogP contribution in [0.3, 0.4) is 0 Å². The zero-order valence-electron chi connectivity index (χ0n) is 11.8. The molecule has 1 N–H and O–H groups in total. The summed E-state index contributed by atoms with van der Waals surface area (Å²) in [4.78, 5) is 4.63. The van der Waals surface area contributed by atoms with Crippen molar-refractivity contribution in [3.63, 3.8) is 0 Å². The van der Waals surface area contributed by atoms with Crippen LogP contribution >= 0.6 is 0 Å². The van der Waals surface area contributed by atoms with Gasteiger partial charge in [0.15, 0.2) is 0 Å². The van der Waals surface area contributed by atoms with Crippen LogP contribution in [0.1, 0.15) is 38.2 Å². The predicted octanol–water partition coefficient (Wildman–Crippen LogP) is 4.10. The molecule has 102 valence electrons. The molecule has 3 heteroatoms. The van der Waals surface area contributed by atoms with Crippen molar-refractivity contribution in [2.75, 3.05) is 5.32 Å². The highest BCUT2D eigenvalue weighted by molar-refractivity contribution is 5.86. The van der Waals surface area contributed by atoms with Crippen molar-refractivity contribution in [1.82, 2.24) is 4.98 Å². The minimum absolute atomic E-state index is 0.492. The third-order valence-electron chi connectivity index (χ3n) is 4.20. The first-order chi connectivity index (χ1) is 9.76. The number of aromatic nitrogens is 1. The molecule has 2 aromatic rings. The molecule has 1 aromatic carbocycles. The van der Waals surface area contributed by atoms with Gasteiger partial charge < -0.3 is 5.32 Å². The maximum Gasteiger partial charge on any atom is 0.128 e. The molecule has 0 unspecified atom stereocenters. The fraction of sp³-hybridized carbons (Fsp3) is 0.412. The van der Waals surface area contributed by atoms with Gasteiger partial charge in [-0.2, -0.15) is 5.26 Å². The summed E-state index contributed by atoms with van der Waals surface area (Å²) in [5.41, 5.74) is 1.58. The Balaban J connectivity index is 1.87. The highest BCUT2D eigenvalue weighted by atomic mass is 15.0. The Morgan fingerprint density at radius 3 is 2.70 bits per heavy atom. The minimum atomic E-state index is 0.492. The summed E-state index contributed by atoms with van der Waals surface area (Å²) in [5, 5.41) is 13.7. The van der Waals surface area contributed by atoms with Crippen molar-refractivity contribution >= 4 is 16.7 Å². The Morgan fingerprint density at radius 1 is 1.20 bits per heavy atom. The van der Waals surface area contributed by atoms with E-state index in [2.05, 4.69) is 23.3 Å². The predicted molar refractivity (Wildman–Crippen MR) is 81.5 cm³/mol. The first-order valence-electron chi connectivity index (χ1n) is 7.32. The number of rotatable bonds is 2. The molecule has 0 saturated heterocycles. The van der Waals surface area contributed by atoms with Gasteiger partial charge in [-0.25, -0.2) is 4.98 Å². The van der Waals surface area contributed by atoms with E-state index < -0.39 is 0 Å². The number of nitrogens with zero attached hydrogens (tertiary/aromatic N) is 2. The highest BCUT2D eigenvalue weighted by Crippen LogP contribution is 2.27. The normalized spacial score (nSPS) is 22.4. The molecular formula is C17H19N3. The number of anilines is 1. The Morgan fingerprint density at radius 2 is 1.95 bits per heavy atom. The van der Waals surface area contributed by atoms with Crippen LogP contribution in [0.4, 0.5) is 5.82 Å². The smallest absolute Gasteiger partial charge is 0.128 e. The van der Waals surface area contributed by atoms with Crippen LogP contribution in [0.5, 0.6) is 0 Å². The molecule has 0 bridgehead atoms. The first-order valence-corrected chi connectivity index (χ1v) is 7.32. The van der Waals surface area contributed by atoms with E-state index >= 15 is 0 Å². The molecule has 20 heavy (non-hydrogen) atoms. The van der Waals surface area contributed by atoms with Crippen molar-refractivity contribution in [2.24, 2.45) is 5.92 Å². The highest BCUT2D eigenvalue weighted by Gasteiger charge is 2.18. The van der Waals surface area contributed by atoms with Crippen molar-refractivity contribution < 1.29 is 0 Å². The molecular weight excluding hydrogens is 246 g/mol. The van der Waals surface area contributed by atoms with Crippen LogP contribution < -0.4 is 5.32 Å². The summed E-state index contributed by atoms with van der Waals surface area (Å²) in [5.74, 6) is 1.67. The first kappa shape index (κ1) is 12.9. The number of hydrogen-bond donors (Lipinski definition) is 1.